The average Bonchev–Trinajstić information content (AvgIpc) is 2.85. The molecule has 0 aliphatic rings. The summed E-state index contributed by atoms with van der Waals surface area (Å²) in [7, 11) is 0.644. The van der Waals surface area contributed by atoms with Gasteiger partial charge in [-0.2, -0.15) is 0 Å². The first kappa shape index (κ1) is 28.3. The maximum absolute atomic E-state index is 6.77. The summed E-state index contributed by atoms with van der Waals surface area (Å²) in [5.74, 6) is 1.08. The van der Waals surface area contributed by atoms with E-state index in [0.717, 1.165) is 25.3 Å². The van der Waals surface area contributed by atoms with Crippen molar-refractivity contribution in [3.63, 3.8) is 0 Å². The normalized spacial score (nSPS) is 13.7. The molecule has 0 saturated heterocycles. The maximum atomic E-state index is 6.77. The molecular weight excluding hydrogens is 457 g/mol. The molecule has 0 aliphatic carbocycles. The number of rotatable bonds is 10. The molecule has 3 rings (SSSR count). The van der Waals surface area contributed by atoms with Gasteiger partial charge in [-0.3, -0.25) is 0 Å². The molecule has 2 atom stereocenters. The Kier molecular flexibility index (Phi) is 9.28. The molecule has 194 valence electrons. The smallest absolute Gasteiger partial charge is 0.127 e. The fourth-order valence-corrected chi connectivity index (χ4v) is 6.59. The van der Waals surface area contributed by atoms with E-state index in [0.29, 0.717) is 15.2 Å². The van der Waals surface area contributed by atoms with Crippen LogP contribution >= 0.6 is 8.58 Å². The molecule has 0 N–H and O–H groups in total. The Morgan fingerprint density at radius 3 is 2.03 bits per heavy atom. The van der Waals surface area contributed by atoms with Gasteiger partial charge >= 0.3 is 0 Å². The summed E-state index contributed by atoms with van der Waals surface area (Å²) < 4.78 is 6.77. The van der Waals surface area contributed by atoms with Crippen LogP contribution in [0.4, 0.5) is 5.69 Å². The number of ether oxygens (including phenoxy) is 1. The minimum atomic E-state index is -0.0357. The van der Waals surface area contributed by atoms with Crippen LogP contribution in [0.2, 0.25) is 0 Å². The van der Waals surface area contributed by atoms with Crippen molar-refractivity contribution < 1.29 is 4.74 Å². The Labute approximate surface area is 222 Å². The van der Waals surface area contributed by atoms with Crippen LogP contribution in [0.15, 0.2) is 60.7 Å². The zero-order chi connectivity index (χ0) is 26.5. The zero-order valence-corrected chi connectivity index (χ0v) is 25.0. The monoisotopic (exact) mass is 503 g/mol. The molecule has 0 fully saturated rings. The third kappa shape index (κ3) is 6.33. The summed E-state index contributed by atoms with van der Waals surface area (Å²) in [4.78, 5) is 2.50. The van der Waals surface area contributed by atoms with Crippen LogP contribution in [0.3, 0.4) is 0 Å². The van der Waals surface area contributed by atoms with Gasteiger partial charge in [-0.05, 0) is 62.0 Å². The van der Waals surface area contributed by atoms with E-state index in [1.807, 2.05) is 0 Å². The van der Waals surface area contributed by atoms with Crippen molar-refractivity contribution in [2.45, 2.75) is 85.9 Å². The van der Waals surface area contributed by atoms with Crippen LogP contribution in [0.1, 0.15) is 82.7 Å². The summed E-state index contributed by atoms with van der Waals surface area (Å²) in [6, 6.07) is 22.0. The molecule has 0 bridgehead atoms. The summed E-state index contributed by atoms with van der Waals surface area (Å²) in [5, 5.41) is 1.45. The molecule has 36 heavy (non-hydrogen) atoms. The van der Waals surface area contributed by atoms with Crippen molar-refractivity contribution in [1.82, 2.24) is 0 Å². The highest BCUT2D eigenvalue weighted by Gasteiger charge is 2.34. The van der Waals surface area contributed by atoms with Gasteiger partial charge in [0.15, 0.2) is 0 Å². The third-order valence-electron chi connectivity index (χ3n) is 7.32. The number of hydrogen-bond acceptors (Lipinski definition) is 2. The van der Waals surface area contributed by atoms with Crippen molar-refractivity contribution in [3.8, 4) is 5.75 Å². The van der Waals surface area contributed by atoms with Gasteiger partial charge in [-0.15, -0.1) is 0 Å². The first-order chi connectivity index (χ1) is 17.0. The van der Waals surface area contributed by atoms with E-state index in [9.17, 15) is 0 Å². The van der Waals surface area contributed by atoms with Crippen LogP contribution in [0, 0.1) is 13.8 Å². The van der Waals surface area contributed by atoms with Gasteiger partial charge in [0.2, 0.25) is 0 Å². The lowest BCUT2D eigenvalue weighted by Crippen LogP contribution is -2.29. The number of nitrogens with zero attached hydrogens (tertiary/aromatic N) is 1. The molecule has 0 aromatic heterocycles. The van der Waals surface area contributed by atoms with Crippen LogP contribution in [0.25, 0.3) is 0 Å². The maximum Gasteiger partial charge on any atom is 0.127 e. The topological polar surface area (TPSA) is 12.5 Å². The lowest BCUT2D eigenvalue weighted by molar-refractivity contribution is 0.291. The van der Waals surface area contributed by atoms with Gasteiger partial charge in [0.25, 0.3) is 0 Å². The van der Waals surface area contributed by atoms with E-state index in [4.69, 9.17) is 4.74 Å². The quantitative estimate of drug-likeness (QED) is 0.257. The van der Waals surface area contributed by atoms with Crippen LogP contribution in [-0.4, -0.2) is 13.1 Å². The van der Waals surface area contributed by atoms with Crippen molar-refractivity contribution in [2.24, 2.45) is 0 Å². The van der Waals surface area contributed by atoms with Crippen molar-refractivity contribution in [2.75, 3.05) is 18.0 Å². The van der Waals surface area contributed by atoms with Gasteiger partial charge < -0.3 is 9.64 Å². The molecule has 0 aliphatic heterocycles. The molecule has 0 heterocycles. The number of anilines is 1. The lowest BCUT2D eigenvalue weighted by Gasteiger charge is -2.36. The molecule has 3 aromatic carbocycles. The first-order valence-electron chi connectivity index (χ1n) is 13.5. The number of hydrogen-bond donors (Lipinski definition) is 0. The zero-order valence-electron chi connectivity index (χ0n) is 24.0. The molecule has 0 radical (unpaired) electrons. The van der Waals surface area contributed by atoms with Crippen molar-refractivity contribution >= 4 is 19.6 Å². The minimum absolute atomic E-state index is 0.0143. The van der Waals surface area contributed by atoms with Gasteiger partial charge in [0, 0.05) is 35.1 Å². The first-order valence-corrected chi connectivity index (χ1v) is 14.5. The average molecular weight is 504 g/mol. The number of benzene rings is 3. The lowest BCUT2D eigenvalue weighted by atomic mass is 9.81. The van der Waals surface area contributed by atoms with E-state index in [1.165, 1.54) is 38.8 Å². The van der Waals surface area contributed by atoms with Gasteiger partial charge in [-0.25, -0.2) is 0 Å². The number of aryl methyl sites for hydroxylation is 2. The SMILES string of the molecule is CCN(CC)c1cccc(C)c1PC(C)(CC)c1cc(C)cc(C(C)(C)C)c1OCc1ccccc1. The predicted octanol–water partition coefficient (Wildman–Crippen LogP) is 8.66. The summed E-state index contributed by atoms with van der Waals surface area (Å²) in [5.41, 5.74) is 7.90. The molecular formula is C33H46NOP. The van der Waals surface area contributed by atoms with Crippen LogP contribution in [0.5, 0.6) is 5.75 Å². The van der Waals surface area contributed by atoms with E-state index in [1.54, 1.807) is 0 Å². The molecule has 2 unspecified atom stereocenters. The molecule has 0 spiro atoms. The summed E-state index contributed by atoms with van der Waals surface area (Å²) in [6.07, 6.45) is 1.05. The summed E-state index contributed by atoms with van der Waals surface area (Å²) >= 11 is 0. The molecule has 0 saturated carbocycles. The van der Waals surface area contributed by atoms with Crippen LogP contribution in [-0.2, 0) is 17.2 Å². The van der Waals surface area contributed by atoms with Crippen molar-refractivity contribution in [1.29, 1.82) is 0 Å². The largest absolute Gasteiger partial charge is 0.488 e. The van der Waals surface area contributed by atoms with Gasteiger partial charge in [0.1, 0.15) is 12.4 Å². The third-order valence-corrected chi connectivity index (χ3v) is 9.40. The Morgan fingerprint density at radius 1 is 0.806 bits per heavy atom. The molecule has 0 amide bonds. The van der Waals surface area contributed by atoms with E-state index >= 15 is 0 Å². The molecule has 3 aromatic rings. The Balaban J connectivity index is 2.17. The fraction of sp³-hybridized carbons (Fsp3) is 0.455. The van der Waals surface area contributed by atoms with E-state index in [-0.39, 0.29) is 10.6 Å². The van der Waals surface area contributed by atoms with Gasteiger partial charge in [-0.1, -0.05) is 103 Å². The van der Waals surface area contributed by atoms with Crippen LogP contribution < -0.4 is 14.9 Å². The highest BCUT2D eigenvalue weighted by molar-refractivity contribution is 7.49. The second-order valence-electron chi connectivity index (χ2n) is 11.2. The highest BCUT2D eigenvalue weighted by Crippen LogP contribution is 2.51. The standard InChI is InChI=1S/C33H46NOP/c1-10-33(9,36-31-25(5)17-16-20-29(31)34(11-2)12-3)28-22-24(4)21-27(32(6,7)8)30(28)35-23-26-18-14-13-15-19-26/h13-22,36H,10-12,23H2,1-9H3. The van der Waals surface area contributed by atoms with Gasteiger partial charge in [0.05, 0.1) is 0 Å². The Morgan fingerprint density at radius 2 is 1.44 bits per heavy atom. The second kappa shape index (κ2) is 11.8. The van der Waals surface area contributed by atoms with Crippen molar-refractivity contribution in [3.05, 3.63) is 88.5 Å². The fourth-order valence-electron chi connectivity index (χ4n) is 4.89. The Hall–Kier alpha value is -2.31. The molecule has 2 nitrogen and oxygen atoms in total. The highest BCUT2D eigenvalue weighted by atomic mass is 31.1. The Bertz CT molecular complexity index is 1140. The van der Waals surface area contributed by atoms with E-state index in [2.05, 4.69) is 128 Å². The second-order valence-corrected chi connectivity index (χ2v) is 13.0. The van der Waals surface area contributed by atoms with E-state index < -0.39 is 0 Å². The minimum Gasteiger partial charge on any atom is -0.488 e. The molecule has 3 heteroatoms. The predicted molar refractivity (Wildman–Crippen MR) is 161 cm³/mol. The summed E-state index contributed by atoms with van der Waals surface area (Å²) in [6.45, 7) is 23.3.